The van der Waals surface area contributed by atoms with Gasteiger partial charge in [-0.25, -0.2) is 4.39 Å². The Bertz CT molecular complexity index is 553. The highest BCUT2D eigenvalue weighted by atomic mass is 19.1. The van der Waals surface area contributed by atoms with E-state index in [1.807, 2.05) is 26.1 Å². The molecule has 0 aliphatic carbocycles. The van der Waals surface area contributed by atoms with Gasteiger partial charge in [0.1, 0.15) is 11.6 Å². The molecule has 2 aromatic rings. The molecule has 2 N–H and O–H groups in total. The highest BCUT2D eigenvalue weighted by Gasteiger charge is 2.10. The quantitative estimate of drug-likeness (QED) is 0.880. The molecule has 4 heteroatoms. The lowest BCUT2D eigenvalue weighted by Gasteiger charge is -2.19. The van der Waals surface area contributed by atoms with E-state index in [-0.39, 0.29) is 11.9 Å². The largest absolute Gasteiger partial charge is 0.469 e. The minimum atomic E-state index is -0.236. The van der Waals surface area contributed by atoms with Crippen LogP contribution in [0.1, 0.15) is 29.3 Å². The molecule has 0 aliphatic heterocycles. The lowest BCUT2D eigenvalue weighted by atomic mass is 10.0. The first-order chi connectivity index (χ1) is 9.56. The van der Waals surface area contributed by atoms with Crippen LogP contribution >= 0.6 is 0 Å². The predicted molar refractivity (Wildman–Crippen MR) is 77.7 cm³/mol. The number of halogens is 1. The van der Waals surface area contributed by atoms with E-state index in [0.29, 0.717) is 0 Å². The maximum Gasteiger partial charge on any atom is 0.123 e. The Kier molecular flexibility index (Phi) is 4.93. The van der Waals surface area contributed by atoms with Gasteiger partial charge in [-0.2, -0.15) is 0 Å². The van der Waals surface area contributed by atoms with E-state index in [0.717, 1.165) is 30.8 Å². The number of furan rings is 1. The molecule has 0 radical (unpaired) electrons. The van der Waals surface area contributed by atoms with Gasteiger partial charge in [-0.3, -0.25) is 0 Å². The number of hydrogen-bond donors (Lipinski definition) is 1. The standard InChI is InChI=1S/C16H21FN2O/c1-12-14(7-9-20-12)11-19(2)8-6-16(18)13-4-3-5-15(17)10-13/h3-5,7,9-10,16H,6,8,11,18H2,1-2H3. The van der Waals surface area contributed by atoms with Crippen molar-refractivity contribution in [2.45, 2.75) is 25.9 Å². The lowest BCUT2D eigenvalue weighted by molar-refractivity contribution is 0.309. The van der Waals surface area contributed by atoms with Gasteiger partial charge in [0.2, 0.25) is 0 Å². The molecule has 20 heavy (non-hydrogen) atoms. The average Bonchev–Trinajstić information content (AvgIpc) is 2.81. The fourth-order valence-electron chi connectivity index (χ4n) is 2.21. The van der Waals surface area contributed by atoms with Crippen LogP contribution in [0.5, 0.6) is 0 Å². The van der Waals surface area contributed by atoms with E-state index in [1.54, 1.807) is 12.3 Å². The molecule has 1 aromatic heterocycles. The average molecular weight is 276 g/mol. The van der Waals surface area contributed by atoms with Crippen molar-refractivity contribution < 1.29 is 8.81 Å². The van der Waals surface area contributed by atoms with Crippen LogP contribution in [0, 0.1) is 12.7 Å². The van der Waals surface area contributed by atoms with Gasteiger partial charge in [-0.15, -0.1) is 0 Å². The summed E-state index contributed by atoms with van der Waals surface area (Å²) in [6, 6.07) is 8.35. The molecule has 0 bridgehead atoms. The highest BCUT2D eigenvalue weighted by Crippen LogP contribution is 2.16. The normalized spacial score (nSPS) is 12.8. The molecular weight excluding hydrogens is 255 g/mol. The number of rotatable bonds is 6. The van der Waals surface area contributed by atoms with Gasteiger partial charge in [-0.05, 0) is 50.7 Å². The summed E-state index contributed by atoms with van der Waals surface area (Å²) in [6.07, 6.45) is 2.49. The molecular formula is C16H21FN2O. The van der Waals surface area contributed by atoms with Crippen LogP contribution < -0.4 is 5.73 Å². The molecule has 1 atom stereocenters. The molecule has 0 spiro atoms. The third-order valence-electron chi connectivity index (χ3n) is 3.51. The number of aryl methyl sites for hydroxylation is 1. The van der Waals surface area contributed by atoms with Gasteiger partial charge < -0.3 is 15.1 Å². The summed E-state index contributed by atoms with van der Waals surface area (Å²) >= 11 is 0. The Hall–Kier alpha value is -1.65. The smallest absolute Gasteiger partial charge is 0.123 e. The van der Waals surface area contributed by atoms with Gasteiger partial charge in [0.25, 0.3) is 0 Å². The molecule has 0 fully saturated rings. The van der Waals surface area contributed by atoms with Crippen molar-refractivity contribution in [3.8, 4) is 0 Å². The molecule has 0 amide bonds. The predicted octanol–water partition coefficient (Wildman–Crippen LogP) is 3.25. The zero-order valence-corrected chi connectivity index (χ0v) is 12.0. The van der Waals surface area contributed by atoms with Crippen molar-refractivity contribution in [1.82, 2.24) is 4.90 Å². The van der Waals surface area contributed by atoms with E-state index in [1.165, 1.54) is 17.7 Å². The Labute approximate surface area is 119 Å². The summed E-state index contributed by atoms with van der Waals surface area (Å²) in [5.41, 5.74) is 8.14. The lowest BCUT2D eigenvalue weighted by Crippen LogP contribution is -2.23. The Morgan fingerprint density at radius 1 is 1.35 bits per heavy atom. The molecule has 0 saturated carbocycles. The first kappa shape index (κ1) is 14.8. The summed E-state index contributed by atoms with van der Waals surface area (Å²) in [4.78, 5) is 2.19. The van der Waals surface area contributed by atoms with E-state index in [9.17, 15) is 4.39 Å². The zero-order chi connectivity index (χ0) is 14.5. The summed E-state index contributed by atoms with van der Waals surface area (Å²) in [5.74, 6) is 0.714. The Morgan fingerprint density at radius 2 is 2.15 bits per heavy atom. The van der Waals surface area contributed by atoms with Crippen LogP contribution in [-0.2, 0) is 6.54 Å². The number of benzene rings is 1. The van der Waals surface area contributed by atoms with Crippen LogP contribution in [0.3, 0.4) is 0 Å². The second-order valence-electron chi connectivity index (χ2n) is 5.19. The van der Waals surface area contributed by atoms with Gasteiger partial charge in [0.05, 0.1) is 6.26 Å². The molecule has 1 aromatic carbocycles. The van der Waals surface area contributed by atoms with Crippen LogP contribution in [0.15, 0.2) is 41.0 Å². The number of hydrogen-bond acceptors (Lipinski definition) is 3. The van der Waals surface area contributed by atoms with Gasteiger partial charge in [-0.1, -0.05) is 12.1 Å². The molecule has 3 nitrogen and oxygen atoms in total. The molecule has 1 unspecified atom stereocenters. The van der Waals surface area contributed by atoms with Crippen molar-refractivity contribution in [3.63, 3.8) is 0 Å². The van der Waals surface area contributed by atoms with Crippen LogP contribution in [-0.4, -0.2) is 18.5 Å². The van der Waals surface area contributed by atoms with Gasteiger partial charge in [0, 0.05) is 18.2 Å². The third kappa shape index (κ3) is 3.92. The maximum atomic E-state index is 13.1. The van der Waals surface area contributed by atoms with Crippen LogP contribution in [0.2, 0.25) is 0 Å². The fraction of sp³-hybridized carbons (Fsp3) is 0.375. The fourth-order valence-corrected chi connectivity index (χ4v) is 2.21. The van der Waals surface area contributed by atoms with Gasteiger partial charge >= 0.3 is 0 Å². The molecule has 0 saturated heterocycles. The van der Waals surface area contributed by atoms with E-state index >= 15 is 0 Å². The number of nitrogens with zero attached hydrogens (tertiary/aromatic N) is 1. The maximum absolute atomic E-state index is 13.1. The van der Waals surface area contributed by atoms with Crippen LogP contribution in [0.4, 0.5) is 4.39 Å². The SMILES string of the molecule is Cc1occc1CN(C)CCC(N)c1cccc(F)c1. The van der Waals surface area contributed by atoms with Crippen molar-refractivity contribution in [2.75, 3.05) is 13.6 Å². The Morgan fingerprint density at radius 3 is 2.80 bits per heavy atom. The summed E-state index contributed by atoms with van der Waals surface area (Å²) in [6.45, 7) is 3.64. The minimum Gasteiger partial charge on any atom is -0.469 e. The second-order valence-corrected chi connectivity index (χ2v) is 5.19. The highest BCUT2D eigenvalue weighted by molar-refractivity contribution is 5.19. The Balaban J connectivity index is 1.84. The summed E-state index contributed by atoms with van der Waals surface area (Å²) in [7, 11) is 2.05. The van der Waals surface area contributed by atoms with Crippen molar-refractivity contribution in [1.29, 1.82) is 0 Å². The molecule has 0 aliphatic rings. The van der Waals surface area contributed by atoms with Crippen molar-refractivity contribution >= 4 is 0 Å². The third-order valence-corrected chi connectivity index (χ3v) is 3.51. The molecule has 1 heterocycles. The molecule has 108 valence electrons. The van der Waals surface area contributed by atoms with E-state index < -0.39 is 0 Å². The second kappa shape index (κ2) is 6.68. The molecule has 2 rings (SSSR count). The summed E-state index contributed by atoms with van der Waals surface area (Å²) < 4.78 is 18.4. The van der Waals surface area contributed by atoms with E-state index in [2.05, 4.69) is 4.90 Å². The first-order valence-corrected chi connectivity index (χ1v) is 6.79. The van der Waals surface area contributed by atoms with Gasteiger partial charge in [0.15, 0.2) is 0 Å². The first-order valence-electron chi connectivity index (χ1n) is 6.79. The zero-order valence-electron chi connectivity index (χ0n) is 12.0. The van der Waals surface area contributed by atoms with Crippen molar-refractivity contribution in [3.05, 3.63) is 59.3 Å². The monoisotopic (exact) mass is 276 g/mol. The summed E-state index contributed by atoms with van der Waals surface area (Å²) in [5, 5.41) is 0. The minimum absolute atomic E-state index is 0.140. The van der Waals surface area contributed by atoms with E-state index in [4.69, 9.17) is 10.2 Å². The van der Waals surface area contributed by atoms with Crippen LogP contribution in [0.25, 0.3) is 0 Å². The number of nitrogens with two attached hydrogens (primary N) is 1. The van der Waals surface area contributed by atoms with Crippen molar-refractivity contribution in [2.24, 2.45) is 5.73 Å². The topological polar surface area (TPSA) is 42.4 Å².